The first-order chi connectivity index (χ1) is 17.3. The molecule has 3 heterocycles. The molecule has 4 N–H and O–H groups in total. The number of aromatic nitrogens is 4. The molecular formula is C24H19ClFN5O5. The Kier molecular flexibility index (Phi) is 5.80. The summed E-state index contributed by atoms with van der Waals surface area (Å²) in [5.74, 6) is -2.44. The van der Waals surface area contributed by atoms with E-state index in [0.717, 1.165) is 10.9 Å². The molecule has 1 aliphatic rings. The summed E-state index contributed by atoms with van der Waals surface area (Å²) in [6.07, 6.45) is -2.91. The van der Waals surface area contributed by atoms with E-state index in [9.17, 15) is 19.8 Å². The maximum Gasteiger partial charge on any atom is 0.257 e. The molecule has 10 nitrogen and oxygen atoms in total. The van der Waals surface area contributed by atoms with Gasteiger partial charge in [0.05, 0.1) is 6.61 Å². The minimum absolute atomic E-state index is 0.0406. The molecule has 1 fully saturated rings. The van der Waals surface area contributed by atoms with Crippen molar-refractivity contribution in [2.24, 2.45) is 0 Å². The highest BCUT2D eigenvalue weighted by molar-refractivity contribution is 6.28. The number of fused-ring (bicyclic) bond motifs is 1. The fourth-order valence-electron chi connectivity index (χ4n) is 4.52. The number of aliphatic hydroxyl groups excluding tert-OH is 2. The lowest BCUT2D eigenvalue weighted by Crippen LogP contribution is -2.63. The van der Waals surface area contributed by atoms with Gasteiger partial charge in [-0.2, -0.15) is 9.97 Å². The number of ether oxygens (including phenoxy) is 1. The number of carbonyl (C=O) groups is 2. The minimum Gasteiger partial charge on any atom is -0.394 e. The van der Waals surface area contributed by atoms with Gasteiger partial charge in [-0.15, -0.1) is 0 Å². The van der Waals surface area contributed by atoms with Crippen molar-refractivity contribution in [3.8, 4) is 0 Å². The second-order valence-electron chi connectivity index (χ2n) is 8.19. The summed E-state index contributed by atoms with van der Waals surface area (Å²) in [6, 6.07) is 14.8. The highest BCUT2D eigenvalue weighted by atomic mass is 35.5. The highest BCUT2D eigenvalue weighted by Crippen LogP contribution is 2.51. The number of ketones is 2. The molecule has 5 rings (SSSR count). The maximum absolute atomic E-state index is 17.6. The third kappa shape index (κ3) is 3.24. The third-order valence-corrected chi connectivity index (χ3v) is 6.37. The van der Waals surface area contributed by atoms with Crippen LogP contribution in [-0.2, 0) is 10.5 Å². The predicted molar refractivity (Wildman–Crippen MR) is 126 cm³/mol. The number of aliphatic hydroxyl groups is 2. The molecule has 4 aromatic rings. The van der Waals surface area contributed by atoms with E-state index in [0.29, 0.717) is 0 Å². The fraction of sp³-hybridized carbons (Fsp3) is 0.208. The van der Waals surface area contributed by atoms with E-state index in [4.69, 9.17) is 22.1 Å². The normalized spacial score (nSPS) is 25.8. The number of Topliss-reactive ketones (excluding diaryl/α,β-unsaturated/α-hetero) is 2. The van der Waals surface area contributed by atoms with Gasteiger partial charge in [0, 0.05) is 11.1 Å². The summed E-state index contributed by atoms with van der Waals surface area (Å²) in [4.78, 5) is 39.9. The molecule has 184 valence electrons. The van der Waals surface area contributed by atoms with E-state index in [1.807, 2.05) is 0 Å². The maximum atomic E-state index is 17.6. The molecule has 0 saturated carbocycles. The van der Waals surface area contributed by atoms with Crippen LogP contribution in [0.15, 0.2) is 67.0 Å². The summed E-state index contributed by atoms with van der Waals surface area (Å²) < 4.78 is 24.3. The number of hydrogen-bond acceptors (Lipinski definition) is 9. The Hall–Kier alpha value is -3.77. The lowest BCUT2D eigenvalue weighted by Gasteiger charge is -2.38. The number of nitrogens with two attached hydrogens (primary N) is 1. The number of rotatable bonds is 6. The molecule has 36 heavy (non-hydrogen) atoms. The molecule has 1 saturated heterocycles. The Balaban J connectivity index is 1.88. The van der Waals surface area contributed by atoms with E-state index >= 15 is 4.39 Å². The number of carbonyl (C=O) groups excluding carboxylic acids is 2. The van der Waals surface area contributed by atoms with E-state index in [1.165, 1.54) is 48.5 Å². The molecule has 0 amide bonds. The van der Waals surface area contributed by atoms with Crippen LogP contribution in [0, 0.1) is 0 Å². The van der Waals surface area contributed by atoms with Crippen LogP contribution in [-0.4, -0.2) is 65.8 Å². The van der Waals surface area contributed by atoms with Crippen molar-refractivity contribution in [3.05, 3.63) is 83.4 Å². The molecule has 4 atom stereocenters. The van der Waals surface area contributed by atoms with Gasteiger partial charge in [0.2, 0.25) is 16.9 Å². The Morgan fingerprint density at radius 2 is 1.64 bits per heavy atom. The lowest BCUT2D eigenvalue weighted by atomic mass is 9.77. The molecule has 2 aromatic carbocycles. The Labute approximate surface area is 208 Å². The number of imidazole rings is 1. The summed E-state index contributed by atoms with van der Waals surface area (Å²) >= 11 is 6.00. The molecule has 0 spiro atoms. The molecule has 0 aliphatic carbocycles. The van der Waals surface area contributed by atoms with Gasteiger partial charge >= 0.3 is 0 Å². The van der Waals surface area contributed by atoms with Crippen molar-refractivity contribution >= 4 is 40.1 Å². The van der Waals surface area contributed by atoms with Crippen molar-refractivity contribution in [3.63, 3.8) is 0 Å². The van der Waals surface area contributed by atoms with E-state index < -0.39 is 41.8 Å². The van der Waals surface area contributed by atoms with Crippen molar-refractivity contribution in [2.75, 3.05) is 12.3 Å². The Morgan fingerprint density at radius 1 is 1.06 bits per heavy atom. The van der Waals surface area contributed by atoms with Crippen LogP contribution >= 0.6 is 11.6 Å². The van der Waals surface area contributed by atoms with Crippen LogP contribution < -0.4 is 5.73 Å². The zero-order chi connectivity index (χ0) is 25.7. The average molecular weight is 512 g/mol. The largest absolute Gasteiger partial charge is 0.394 e. The van der Waals surface area contributed by atoms with Crippen molar-refractivity contribution in [2.45, 2.75) is 23.6 Å². The summed E-state index contributed by atoms with van der Waals surface area (Å²) in [6.45, 7) is -0.900. The molecule has 2 aromatic heterocycles. The standard InChI is InChI=1S/C24H19ClFN5O5/c25-22-29-20(27)16-21(30-22)31(12-28-16)24(18(34)14-9-5-2-6-10-14)23(26,19(35)15(11-32)36-24)17(33)13-7-3-1-4-8-13/h1-10,12,15,19,32,35H,11H2,(H2,27,29,30)/t15-,19-,23-,24-/m1/s1. The molecule has 0 radical (unpaired) electrons. The smallest absolute Gasteiger partial charge is 0.257 e. The first kappa shape index (κ1) is 23.9. The number of anilines is 1. The van der Waals surface area contributed by atoms with Crippen LogP contribution in [0.5, 0.6) is 0 Å². The Morgan fingerprint density at radius 3 is 2.22 bits per heavy atom. The van der Waals surface area contributed by atoms with Gasteiger partial charge in [0.15, 0.2) is 11.5 Å². The number of benzene rings is 2. The van der Waals surface area contributed by atoms with Crippen LogP contribution in [0.3, 0.4) is 0 Å². The van der Waals surface area contributed by atoms with Crippen molar-refractivity contribution in [1.82, 2.24) is 19.5 Å². The van der Waals surface area contributed by atoms with Gasteiger partial charge in [-0.1, -0.05) is 60.7 Å². The van der Waals surface area contributed by atoms with Crippen LogP contribution in [0.2, 0.25) is 5.28 Å². The van der Waals surface area contributed by atoms with E-state index in [2.05, 4.69) is 15.0 Å². The van der Waals surface area contributed by atoms with Crippen molar-refractivity contribution in [1.29, 1.82) is 0 Å². The van der Waals surface area contributed by atoms with Gasteiger partial charge in [0.1, 0.15) is 24.1 Å². The van der Waals surface area contributed by atoms with Gasteiger partial charge in [0.25, 0.3) is 11.4 Å². The fourth-order valence-corrected chi connectivity index (χ4v) is 4.69. The lowest BCUT2D eigenvalue weighted by molar-refractivity contribution is -0.117. The zero-order valence-electron chi connectivity index (χ0n) is 18.5. The quantitative estimate of drug-likeness (QED) is 0.260. The van der Waals surface area contributed by atoms with Crippen molar-refractivity contribution < 1.29 is 28.9 Å². The summed E-state index contributed by atoms with van der Waals surface area (Å²) in [7, 11) is 0. The monoisotopic (exact) mass is 511 g/mol. The first-order valence-corrected chi connectivity index (χ1v) is 11.2. The Bertz CT molecular complexity index is 1470. The SMILES string of the molecule is Nc1nc(Cl)nc2c1ncn2[C@]1(C(=O)c2ccccc2)O[C@H](CO)[C@@H](O)[C@]1(F)C(=O)c1ccccc1. The second-order valence-corrected chi connectivity index (χ2v) is 8.53. The van der Waals surface area contributed by atoms with Gasteiger partial charge in [-0.25, -0.2) is 9.37 Å². The minimum atomic E-state index is -3.45. The van der Waals surface area contributed by atoms with Gasteiger partial charge in [-0.3, -0.25) is 14.2 Å². The van der Waals surface area contributed by atoms with Gasteiger partial charge in [-0.05, 0) is 11.6 Å². The number of nitrogens with zero attached hydrogens (tertiary/aromatic N) is 4. The van der Waals surface area contributed by atoms with Crippen LogP contribution in [0.1, 0.15) is 20.7 Å². The van der Waals surface area contributed by atoms with Gasteiger partial charge < -0.3 is 20.7 Å². The van der Waals surface area contributed by atoms with E-state index in [1.54, 1.807) is 12.1 Å². The molecular weight excluding hydrogens is 493 g/mol. The summed E-state index contributed by atoms with van der Waals surface area (Å²) in [5.41, 5.74) is -0.870. The van der Waals surface area contributed by atoms with Crippen LogP contribution in [0.25, 0.3) is 11.2 Å². The number of halogens is 2. The average Bonchev–Trinajstić information content (AvgIpc) is 3.42. The topological polar surface area (TPSA) is 153 Å². The van der Waals surface area contributed by atoms with Crippen LogP contribution in [0.4, 0.5) is 10.2 Å². The third-order valence-electron chi connectivity index (χ3n) is 6.20. The second kappa shape index (κ2) is 8.71. The first-order valence-electron chi connectivity index (χ1n) is 10.8. The number of hydrogen-bond donors (Lipinski definition) is 3. The molecule has 0 bridgehead atoms. The number of nitrogen functional groups attached to an aromatic ring is 1. The summed E-state index contributed by atoms with van der Waals surface area (Å²) in [5, 5.41) is 20.7. The predicted octanol–water partition coefficient (Wildman–Crippen LogP) is 1.94. The molecule has 0 unspecified atom stereocenters. The zero-order valence-corrected chi connectivity index (χ0v) is 19.2. The molecule has 1 aliphatic heterocycles. The highest BCUT2D eigenvalue weighted by Gasteiger charge is 2.75. The molecule has 12 heteroatoms. The van der Waals surface area contributed by atoms with E-state index in [-0.39, 0.29) is 33.4 Å². The number of alkyl halides is 1.